The molecule has 97 valence electrons. The van der Waals surface area contributed by atoms with Gasteiger partial charge >= 0.3 is 6.17 Å². The zero-order valence-corrected chi connectivity index (χ0v) is 9.65. The van der Waals surface area contributed by atoms with E-state index in [4.69, 9.17) is 4.74 Å². The zero-order valence-electron chi connectivity index (χ0n) is 9.65. The Hall–Kier alpha value is -2.18. The molecule has 0 atom stereocenters. The molecule has 0 aliphatic carbocycles. The highest BCUT2D eigenvalue weighted by Gasteiger charge is 2.37. The molecule has 0 aliphatic heterocycles. The third-order valence-electron chi connectivity index (χ3n) is 2.23. The van der Waals surface area contributed by atoms with Crippen LogP contribution < -0.4 is 4.74 Å². The van der Waals surface area contributed by atoms with Crippen molar-refractivity contribution in [3.63, 3.8) is 0 Å². The molecule has 18 heavy (non-hydrogen) atoms. The molecule has 0 aromatic heterocycles. The van der Waals surface area contributed by atoms with Gasteiger partial charge in [-0.3, -0.25) is 20.2 Å². The van der Waals surface area contributed by atoms with Crippen molar-refractivity contribution in [2.45, 2.75) is 19.3 Å². The van der Waals surface area contributed by atoms with Crippen LogP contribution in [0.1, 0.15) is 19.3 Å². The summed E-state index contributed by atoms with van der Waals surface area (Å²) in [6.07, 6.45) is -0.141. The maximum atomic E-state index is 10.3. The molecular weight excluding hydrogens is 240 g/mol. The molecule has 0 fully saturated rings. The number of unbranched alkanes of at least 4 members (excludes halogenated alkanes) is 1. The Bertz CT molecular complexity index is 382. The van der Waals surface area contributed by atoms with Crippen molar-refractivity contribution >= 4 is 0 Å². The van der Waals surface area contributed by atoms with Crippen LogP contribution in [0.2, 0.25) is 0 Å². The van der Waals surface area contributed by atoms with E-state index in [1.807, 2.05) is 18.2 Å². The molecule has 0 bridgehead atoms. The predicted molar refractivity (Wildman–Crippen MR) is 63.0 cm³/mol. The smallest absolute Gasteiger partial charge is 0.494 e. The normalized spacial score (nSPS) is 10.3. The monoisotopic (exact) mass is 253 g/mol. The molecule has 0 amide bonds. The van der Waals surface area contributed by atoms with Crippen molar-refractivity contribution in [3.8, 4) is 5.75 Å². The fraction of sp³-hybridized carbons (Fsp3) is 0.364. The molecule has 7 nitrogen and oxygen atoms in total. The third kappa shape index (κ3) is 4.77. The Morgan fingerprint density at radius 2 is 1.67 bits per heavy atom. The minimum atomic E-state index is -0.946. The van der Waals surface area contributed by atoms with Crippen molar-refractivity contribution in [1.82, 2.24) is 0 Å². The Balaban J connectivity index is 2.19. The Labute approximate surface area is 104 Å². The molecule has 1 aromatic carbocycles. The van der Waals surface area contributed by atoms with Gasteiger partial charge in [0.05, 0.1) is 6.61 Å². The Morgan fingerprint density at radius 3 is 2.22 bits per heavy atom. The lowest BCUT2D eigenvalue weighted by atomic mass is 10.2. The molecule has 0 saturated heterocycles. The summed E-state index contributed by atoms with van der Waals surface area (Å²) < 4.78 is 5.36. The van der Waals surface area contributed by atoms with Crippen molar-refractivity contribution in [2.24, 2.45) is 0 Å². The maximum Gasteiger partial charge on any atom is 0.593 e. The van der Waals surface area contributed by atoms with Crippen LogP contribution in [0.3, 0.4) is 0 Å². The highest BCUT2D eigenvalue weighted by atomic mass is 16.7. The number of benzene rings is 1. The second-order valence-electron chi connectivity index (χ2n) is 3.55. The summed E-state index contributed by atoms with van der Waals surface area (Å²) in [5.41, 5.74) is 0. The molecule has 0 heterocycles. The molecule has 0 unspecified atom stereocenters. The number of ether oxygens (including phenoxy) is 1. The second kappa shape index (κ2) is 7.21. The molecule has 7 heteroatoms. The highest BCUT2D eigenvalue weighted by Crippen LogP contribution is 2.13. The maximum absolute atomic E-state index is 10.3. The van der Waals surface area contributed by atoms with E-state index in [1.54, 1.807) is 12.1 Å². The molecule has 0 saturated carbocycles. The summed E-state index contributed by atoms with van der Waals surface area (Å²) in [6, 6.07) is 9.13. The van der Waals surface area contributed by atoms with Gasteiger partial charge in [0.25, 0.3) is 0 Å². The average Bonchev–Trinajstić information content (AvgIpc) is 2.34. The summed E-state index contributed by atoms with van der Waals surface area (Å²) in [4.78, 5) is 18.8. The van der Waals surface area contributed by atoms with Gasteiger partial charge in [-0.25, -0.2) is 0 Å². The molecule has 1 rings (SSSR count). The van der Waals surface area contributed by atoms with Crippen LogP contribution in [0.15, 0.2) is 30.3 Å². The van der Waals surface area contributed by atoms with E-state index in [2.05, 4.69) is 0 Å². The first-order valence-electron chi connectivity index (χ1n) is 5.43. The summed E-state index contributed by atoms with van der Waals surface area (Å²) in [6.45, 7) is 0.382. The summed E-state index contributed by atoms with van der Waals surface area (Å²) in [7, 11) is 0. The summed E-state index contributed by atoms with van der Waals surface area (Å²) in [5, 5.41) is 20.6. The van der Waals surface area contributed by atoms with Gasteiger partial charge in [-0.1, -0.05) is 18.2 Å². The molecule has 0 aliphatic rings. The average molecular weight is 253 g/mol. The van der Waals surface area contributed by atoms with Gasteiger partial charge in [-0.2, -0.15) is 0 Å². The van der Waals surface area contributed by atoms with E-state index in [1.165, 1.54) is 0 Å². The molecular formula is C11H13N2O5. The topological polar surface area (TPSA) is 95.5 Å². The fourth-order valence-electron chi connectivity index (χ4n) is 1.34. The van der Waals surface area contributed by atoms with Crippen LogP contribution in [0.5, 0.6) is 5.75 Å². The Kier molecular flexibility index (Phi) is 5.56. The lowest BCUT2D eigenvalue weighted by molar-refractivity contribution is -0.672. The first-order chi connectivity index (χ1) is 8.61. The van der Waals surface area contributed by atoms with Crippen LogP contribution in [0.4, 0.5) is 0 Å². The Morgan fingerprint density at radius 1 is 1.06 bits per heavy atom. The van der Waals surface area contributed by atoms with Crippen LogP contribution >= 0.6 is 0 Å². The van der Waals surface area contributed by atoms with Crippen LogP contribution in [0.25, 0.3) is 0 Å². The first-order valence-corrected chi connectivity index (χ1v) is 5.43. The van der Waals surface area contributed by atoms with E-state index in [0.717, 1.165) is 0 Å². The largest absolute Gasteiger partial charge is 0.593 e. The second-order valence-corrected chi connectivity index (χ2v) is 3.55. The molecule has 0 spiro atoms. The lowest BCUT2D eigenvalue weighted by Crippen LogP contribution is -2.19. The van der Waals surface area contributed by atoms with E-state index in [9.17, 15) is 20.2 Å². The van der Waals surface area contributed by atoms with E-state index in [0.29, 0.717) is 25.2 Å². The highest BCUT2D eigenvalue weighted by molar-refractivity contribution is 5.20. The standard InChI is InChI=1S/C11H13N2O5/c14-12(15)11(13(16)17)8-4-5-9-18-10-6-2-1-3-7-10/h1-3,6-7H,4-5,8-9H2. The summed E-state index contributed by atoms with van der Waals surface area (Å²) in [5.74, 6) is 0.713. The lowest BCUT2D eigenvalue weighted by Gasteiger charge is -2.04. The van der Waals surface area contributed by atoms with Crippen LogP contribution in [0, 0.1) is 26.4 Å². The minimum absolute atomic E-state index is 0.155. The molecule has 1 radical (unpaired) electrons. The first kappa shape index (κ1) is 13.9. The third-order valence-corrected chi connectivity index (χ3v) is 2.23. The van der Waals surface area contributed by atoms with Crippen molar-refractivity contribution in [1.29, 1.82) is 0 Å². The predicted octanol–water partition coefficient (Wildman–Crippen LogP) is 2.28. The van der Waals surface area contributed by atoms with E-state index in [-0.39, 0.29) is 6.42 Å². The van der Waals surface area contributed by atoms with Gasteiger partial charge < -0.3 is 4.74 Å². The van der Waals surface area contributed by atoms with Crippen molar-refractivity contribution in [2.75, 3.05) is 6.61 Å². The fourth-order valence-corrected chi connectivity index (χ4v) is 1.34. The van der Waals surface area contributed by atoms with E-state index >= 15 is 0 Å². The molecule has 0 N–H and O–H groups in total. The van der Waals surface area contributed by atoms with Gasteiger partial charge in [0.15, 0.2) is 0 Å². The number of para-hydroxylation sites is 1. The van der Waals surface area contributed by atoms with Crippen molar-refractivity contribution < 1.29 is 14.6 Å². The van der Waals surface area contributed by atoms with Gasteiger partial charge in [0.1, 0.15) is 22.0 Å². The summed E-state index contributed by atoms with van der Waals surface area (Å²) >= 11 is 0. The molecule has 1 aromatic rings. The number of nitrogens with zero attached hydrogens (tertiary/aromatic N) is 2. The van der Waals surface area contributed by atoms with Crippen LogP contribution in [-0.2, 0) is 0 Å². The SMILES string of the molecule is O=[N+]([O-])[C](CCCCOc1ccccc1)[N+](=O)[O-]. The van der Waals surface area contributed by atoms with Gasteiger partial charge in [-0.15, -0.1) is 0 Å². The minimum Gasteiger partial charge on any atom is -0.494 e. The zero-order chi connectivity index (χ0) is 13.4. The van der Waals surface area contributed by atoms with Crippen molar-refractivity contribution in [3.05, 3.63) is 56.7 Å². The number of hydrogen-bond donors (Lipinski definition) is 0. The number of rotatable bonds is 8. The quantitative estimate of drug-likeness (QED) is 0.402. The van der Waals surface area contributed by atoms with Gasteiger partial charge in [0.2, 0.25) is 0 Å². The van der Waals surface area contributed by atoms with Gasteiger partial charge in [0, 0.05) is 0 Å². The number of nitro groups is 2. The van der Waals surface area contributed by atoms with Gasteiger partial charge in [-0.05, 0) is 25.0 Å². The number of hydrogen-bond acceptors (Lipinski definition) is 5. The van der Waals surface area contributed by atoms with Crippen LogP contribution in [-0.4, -0.2) is 16.5 Å². The van der Waals surface area contributed by atoms with E-state index < -0.39 is 16.0 Å².